The van der Waals surface area contributed by atoms with Crippen molar-refractivity contribution in [3.05, 3.63) is 388 Å². The predicted octanol–water partition coefficient (Wildman–Crippen LogP) is 28.4. The van der Waals surface area contributed by atoms with Gasteiger partial charge < -0.3 is 9.80 Å². The lowest BCUT2D eigenvalue weighted by Gasteiger charge is -2.26. The summed E-state index contributed by atoms with van der Waals surface area (Å²) in [5, 5.41) is 14.8. The first kappa shape index (κ1) is 63.9. The normalized spacial score (nSPS) is 11.5. The molecule has 21 rings (SSSR count). The van der Waals surface area contributed by atoms with E-state index in [1.807, 2.05) is 28.7 Å². The molecule has 21 aromatic rings. The first-order valence-electron chi connectivity index (χ1n) is 36.4. The highest BCUT2D eigenvalue weighted by Gasteiger charge is 2.21. The highest BCUT2D eigenvalue weighted by atomic mass is 32.1. The summed E-state index contributed by atoms with van der Waals surface area (Å²) in [4.78, 5) is 25.3. The predicted molar refractivity (Wildman–Crippen MR) is 459 cm³/mol. The summed E-state index contributed by atoms with van der Waals surface area (Å²) in [6.45, 7) is 0. The summed E-state index contributed by atoms with van der Waals surface area (Å²) >= 11 is 3.69. The first-order chi connectivity index (χ1) is 53.5. The van der Waals surface area contributed by atoms with Crippen molar-refractivity contribution < 1.29 is 0 Å². The van der Waals surface area contributed by atoms with E-state index >= 15 is 0 Å². The van der Waals surface area contributed by atoms with Gasteiger partial charge in [-0.25, -0.2) is 19.9 Å². The molecule has 108 heavy (non-hydrogen) atoms. The summed E-state index contributed by atoms with van der Waals surface area (Å²) in [5.74, 6) is 1.42. The Hall–Kier alpha value is -13.8. The van der Waals surface area contributed by atoms with E-state index in [1.54, 1.807) is 0 Å². The zero-order valence-electron chi connectivity index (χ0n) is 58.5. The van der Waals surface area contributed by atoms with E-state index < -0.39 is 0 Å². The van der Waals surface area contributed by atoms with Gasteiger partial charge in [0, 0.05) is 107 Å². The quantitative estimate of drug-likeness (QED) is 0.121. The maximum absolute atomic E-state index is 5.29. The molecule has 4 heterocycles. The first-order valence-corrected chi connectivity index (χ1v) is 38.0. The van der Waals surface area contributed by atoms with Crippen molar-refractivity contribution in [3.8, 4) is 67.5 Å². The Kier molecular flexibility index (Phi) is 16.2. The fourth-order valence-electron chi connectivity index (χ4n) is 15.2. The number of nitrogens with zero attached hydrogens (tertiary/aromatic N) is 6. The minimum absolute atomic E-state index is 0.703. The molecule has 0 saturated carbocycles. The summed E-state index contributed by atoms with van der Waals surface area (Å²) in [6, 6.07) is 138. The lowest BCUT2D eigenvalue weighted by Crippen LogP contribution is -2.09. The van der Waals surface area contributed by atoms with Gasteiger partial charge in [0.1, 0.15) is 0 Å². The zero-order chi connectivity index (χ0) is 71.4. The number of fused-ring (bicyclic) bond motifs is 11. The highest BCUT2D eigenvalue weighted by molar-refractivity contribution is 7.26. The molecule has 0 aliphatic rings. The van der Waals surface area contributed by atoms with Crippen LogP contribution in [0.1, 0.15) is 0 Å². The Balaban J connectivity index is 0.000000144. The van der Waals surface area contributed by atoms with Gasteiger partial charge in [-0.3, -0.25) is 0 Å². The number of hydrogen-bond acceptors (Lipinski definition) is 8. The smallest absolute Gasteiger partial charge is 0.160 e. The summed E-state index contributed by atoms with van der Waals surface area (Å²) in [6.07, 6.45) is 0. The van der Waals surface area contributed by atoms with Crippen molar-refractivity contribution in [1.29, 1.82) is 0 Å². The fourth-order valence-corrected chi connectivity index (χ4v) is 17.6. The summed E-state index contributed by atoms with van der Waals surface area (Å²) in [5.41, 5.74) is 19.1. The number of rotatable bonds is 12. The molecule has 0 fully saturated rings. The van der Waals surface area contributed by atoms with Crippen LogP contribution in [0.5, 0.6) is 0 Å². The molecule has 6 nitrogen and oxygen atoms in total. The molecule has 0 radical (unpaired) electrons. The number of aromatic nitrogens is 4. The van der Waals surface area contributed by atoms with Gasteiger partial charge in [0.15, 0.2) is 11.6 Å². The molecule has 0 atom stereocenters. The zero-order valence-corrected chi connectivity index (χ0v) is 60.1. The Morgan fingerprint density at radius 1 is 0.176 bits per heavy atom. The molecular weight excluding hydrogens is 1350 g/mol. The summed E-state index contributed by atoms with van der Waals surface area (Å²) < 4.78 is 5.12. The highest BCUT2D eigenvalue weighted by Crippen LogP contribution is 2.45. The van der Waals surface area contributed by atoms with Crippen molar-refractivity contribution in [2.75, 3.05) is 9.80 Å². The van der Waals surface area contributed by atoms with Crippen LogP contribution in [0.3, 0.4) is 0 Å². The molecule has 0 N–H and O–H groups in total. The molecule has 0 spiro atoms. The molecule has 506 valence electrons. The monoisotopic (exact) mass is 1410 g/mol. The molecule has 8 heteroatoms. The van der Waals surface area contributed by atoms with Crippen LogP contribution in [0, 0.1) is 0 Å². The van der Waals surface area contributed by atoms with E-state index in [9.17, 15) is 0 Å². The van der Waals surface area contributed by atoms with Crippen molar-refractivity contribution in [3.63, 3.8) is 0 Å². The largest absolute Gasteiger partial charge is 0.311 e. The second-order valence-electron chi connectivity index (χ2n) is 27.3. The van der Waals surface area contributed by atoms with Gasteiger partial charge in [0.25, 0.3) is 0 Å². The van der Waals surface area contributed by atoms with Crippen molar-refractivity contribution in [2.24, 2.45) is 0 Å². The maximum Gasteiger partial charge on any atom is 0.160 e. The maximum atomic E-state index is 5.29. The van der Waals surface area contributed by atoms with Crippen LogP contribution < -0.4 is 9.80 Å². The second-order valence-corrected chi connectivity index (χ2v) is 29.5. The van der Waals surface area contributed by atoms with Crippen LogP contribution in [0.4, 0.5) is 34.1 Å². The average Bonchev–Trinajstić information content (AvgIpc) is 1.46. The fraction of sp³-hybridized carbons (Fsp3) is 0. The third-order valence-electron chi connectivity index (χ3n) is 20.7. The number of hydrogen-bond donors (Lipinski definition) is 0. The summed E-state index contributed by atoms with van der Waals surface area (Å²) in [7, 11) is 0. The SMILES string of the molecule is c1ccc(-c2ccc(N(c3ccc(-c4ccccc4)cc3)c3ccc(-c4nc(-c5ccc6c(c5)sc5cc7ccccc7cc56)c5ccccc5n4)cc3)cc2)cc1.c1ccc(N(c2ccc(-c3nc(-c4ccc5c(c4)sc4cc6ccccc6cc45)c4ccccc4n3)cc2)c2ccc3ccccc3c2)cc1. The molecule has 0 aliphatic carbocycles. The van der Waals surface area contributed by atoms with Crippen LogP contribution in [-0.4, -0.2) is 19.9 Å². The lowest BCUT2D eigenvalue weighted by molar-refractivity contribution is 1.22. The van der Waals surface area contributed by atoms with Crippen molar-refractivity contribution in [1.82, 2.24) is 19.9 Å². The molecule has 17 aromatic carbocycles. The third kappa shape index (κ3) is 12.1. The number of benzene rings is 17. The number of thiophene rings is 2. The lowest BCUT2D eigenvalue weighted by atomic mass is 10.0. The van der Waals surface area contributed by atoms with E-state index in [0.717, 1.165) is 89.6 Å². The van der Waals surface area contributed by atoms with Crippen LogP contribution in [0.2, 0.25) is 0 Å². The molecular formula is C100H64N6S2. The molecule has 4 aromatic heterocycles. The van der Waals surface area contributed by atoms with E-state index in [1.165, 1.54) is 94.9 Å². The van der Waals surface area contributed by atoms with Crippen LogP contribution in [0.25, 0.3) is 162 Å². The minimum atomic E-state index is 0.703. The average molecular weight is 1410 g/mol. The van der Waals surface area contributed by atoms with Gasteiger partial charge in [-0.15, -0.1) is 22.7 Å². The second kappa shape index (κ2) is 27.4. The van der Waals surface area contributed by atoms with E-state index in [2.05, 4.69) is 392 Å². The molecule has 0 bridgehead atoms. The molecule has 0 saturated heterocycles. The van der Waals surface area contributed by atoms with E-state index in [-0.39, 0.29) is 0 Å². The standard InChI is InChI=1S/C54H35N3S.C46H29N3S/c1-3-11-36(12-4-1)38-19-26-44(27-20-38)57(45-28-21-39(22-29-45)37-13-5-2-6-14-37)46-30-23-40(24-31-46)54-55-50-18-10-9-17-48(50)53(56-54)43-25-32-47-49-33-41-15-7-8-16-42(41)34-52(49)58-51(47)35-43;1-2-14-36(15-3-1)49(38-24-18-30-10-4-5-11-32(30)26-38)37-22-19-31(20-23-37)46-47-42-17-9-8-16-40(42)45(48-46)35-21-25-39-41-27-33-12-6-7-13-34(33)28-44(41)50-43(39)29-35/h1-35H;1-29H. The van der Waals surface area contributed by atoms with Gasteiger partial charge in [-0.2, -0.15) is 0 Å². The van der Waals surface area contributed by atoms with Crippen molar-refractivity contribution >= 4 is 151 Å². The molecule has 0 aliphatic heterocycles. The third-order valence-corrected chi connectivity index (χ3v) is 22.9. The van der Waals surface area contributed by atoms with Crippen LogP contribution in [-0.2, 0) is 0 Å². The Morgan fingerprint density at radius 3 is 0.917 bits per heavy atom. The van der Waals surface area contributed by atoms with Crippen molar-refractivity contribution in [2.45, 2.75) is 0 Å². The number of anilines is 6. The van der Waals surface area contributed by atoms with Crippen LogP contribution >= 0.6 is 22.7 Å². The Labute approximate surface area is 632 Å². The topological polar surface area (TPSA) is 58.0 Å². The van der Waals surface area contributed by atoms with E-state index in [0.29, 0.717) is 11.6 Å². The van der Waals surface area contributed by atoms with Gasteiger partial charge in [0.2, 0.25) is 0 Å². The molecule has 0 unspecified atom stereocenters. The van der Waals surface area contributed by atoms with Gasteiger partial charge in [-0.1, -0.05) is 243 Å². The minimum Gasteiger partial charge on any atom is -0.311 e. The van der Waals surface area contributed by atoms with Crippen LogP contribution in [0.15, 0.2) is 388 Å². The van der Waals surface area contributed by atoms with Gasteiger partial charge >= 0.3 is 0 Å². The van der Waals surface area contributed by atoms with E-state index in [4.69, 9.17) is 19.9 Å². The van der Waals surface area contributed by atoms with Gasteiger partial charge in [-0.05, 0) is 200 Å². The number of para-hydroxylation sites is 3. The molecule has 0 amide bonds. The Morgan fingerprint density at radius 2 is 0.481 bits per heavy atom. The van der Waals surface area contributed by atoms with Gasteiger partial charge in [0.05, 0.1) is 22.4 Å². The Bertz CT molecular complexity index is 6880.